The van der Waals surface area contributed by atoms with Crippen molar-refractivity contribution in [1.82, 2.24) is 4.90 Å². The van der Waals surface area contributed by atoms with Gasteiger partial charge in [-0.3, -0.25) is 9.59 Å². The van der Waals surface area contributed by atoms with Gasteiger partial charge in [0.05, 0.1) is 5.56 Å². The summed E-state index contributed by atoms with van der Waals surface area (Å²) in [6.45, 7) is 1.91. The molecule has 1 fully saturated rings. The van der Waals surface area contributed by atoms with Crippen LogP contribution in [0, 0.1) is 0 Å². The van der Waals surface area contributed by atoms with E-state index in [1.165, 1.54) is 5.56 Å². The summed E-state index contributed by atoms with van der Waals surface area (Å²) >= 11 is 0. The fourth-order valence-corrected chi connectivity index (χ4v) is 4.17. The van der Waals surface area contributed by atoms with Crippen LogP contribution in [-0.4, -0.2) is 29.7 Å². The van der Waals surface area contributed by atoms with Crippen LogP contribution in [0.4, 0.5) is 0 Å². The van der Waals surface area contributed by atoms with E-state index in [0.29, 0.717) is 42.2 Å². The minimum Gasteiger partial charge on any atom is -0.339 e. The predicted molar refractivity (Wildman–Crippen MR) is 119 cm³/mol. The van der Waals surface area contributed by atoms with Gasteiger partial charge >= 0.3 is 0 Å². The van der Waals surface area contributed by atoms with Crippen LogP contribution in [0.1, 0.15) is 56.2 Å². The zero-order chi connectivity index (χ0) is 20.9. The van der Waals surface area contributed by atoms with Crippen molar-refractivity contribution in [2.45, 2.75) is 25.3 Å². The lowest BCUT2D eigenvalue weighted by atomic mass is 9.88. The van der Waals surface area contributed by atoms with Crippen molar-refractivity contribution in [3.05, 3.63) is 107 Å². The van der Waals surface area contributed by atoms with Crippen LogP contribution in [-0.2, 0) is 6.54 Å². The Kier molecular flexibility index (Phi) is 6.05. The number of rotatable bonds is 5. The minimum atomic E-state index is -0.118. The van der Waals surface area contributed by atoms with Crippen LogP contribution >= 0.6 is 0 Å². The van der Waals surface area contributed by atoms with E-state index in [1.54, 1.807) is 24.3 Å². The third-order valence-corrected chi connectivity index (χ3v) is 5.88. The molecule has 152 valence electrons. The number of amides is 1. The Morgan fingerprint density at radius 3 is 2.20 bits per heavy atom. The summed E-state index contributed by atoms with van der Waals surface area (Å²) in [6, 6.07) is 24.7. The molecule has 30 heavy (non-hydrogen) atoms. The third kappa shape index (κ3) is 4.19. The van der Waals surface area contributed by atoms with E-state index in [9.17, 15) is 9.59 Å². The zero-order valence-corrected chi connectivity index (χ0v) is 17.0. The molecule has 1 aliphatic rings. The number of carbonyl (C=O) groups excluding carboxylic acids is 2. The maximum absolute atomic E-state index is 13.3. The first-order valence-electron chi connectivity index (χ1n) is 10.4. The molecule has 0 radical (unpaired) electrons. The molecule has 1 heterocycles. The van der Waals surface area contributed by atoms with Crippen LogP contribution in [0.3, 0.4) is 0 Å². The van der Waals surface area contributed by atoms with Gasteiger partial charge in [0.1, 0.15) is 0 Å². The molecule has 1 amide bonds. The molecular weight excluding hydrogens is 372 g/mol. The topological polar surface area (TPSA) is 63.4 Å². The van der Waals surface area contributed by atoms with Crippen LogP contribution in [0.2, 0.25) is 0 Å². The average Bonchev–Trinajstić information content (AvgIpc) is 2.84. The summed E-state index contributed by atoms with van der Waals surface area (Å²) < 4.78 is 0. The summed E-state index contributed by atoms with van der Waals surface area (Å²) in [5.41, 5.74) is 9.75. The summed E-state index contributed by atoms with van der Waals surface area (Å²) in [6.07, 6.45) is 1.82. The number of likely N-dealkylation sites (tertiary alicyclic amines) is 1. The number of carbonyl (C=O) groups is 2. The number of benzene rings is 3. The first-order valence-corrected chi connectivity index (χ1v) is 10.4. The molecule has 0 spiro atoms. The Balaban J connectivity index is 1.49. The highest BCUT2D eigenvalue weighted by Crippen LogP contribution is 2.29. The van der Waals surface area contributed by atoms with E-state index < -0.39 is 0 Å². The highest BCUT2D eigenvalue weighted by molar-refractivity contribution is 6.15. The molecule has 0 unspecified atom stereocenters. The second-order valence-electron chi connectivity index (χ2n) is 7.76. The van der Waals surface area contributed by atoms with Gasteiger partial charge in [-0.1, -0.05) is 72.8 Å². The SMILES string of the molecule is NCc1cccc(C2CCN(C(=O)c3ccccc3C(=O)c3ccccc3)CC2)c1. The lowest BCUT2D eigenvalue weighted by molar-refractivity contribution is 0.0709. The molecule has 4 nitrogen and oxygen atoms in total. The minimum absolute atomic E-state index is 0.0657. The lowest BCUT2D eigenvalue weighted by Crippen LogP contribution is -2.38. The lowest BCUT2D eigenvalue weighted by Gasteiger charge is -2.32. The molecule has 0 aliphatic carbocycles. The van der Waals surface area contributed by atoms with Gasteiger partial charge in [0.25, 0.3) is 5.91 Å². The van der Waals surface area contributed by atoms with Gasteiger partial charge in [0.15, 0.2) is 5.78 Å². The van der Waals surface area contributed by atoms with Crippen molar-refractivity contribution in [3.63, 3.8) is 0 Å². The number of hydrogen-bond acceptors (Lipinski definition) is 3. The monoisotopic (exact) mass is 398 g/mol. The number of hydrogen-bond donors (Lipinski definition) is 1. The second kappa shape index (κ2) is 9.06. The molecular formula is C26H26N2O2. The Bertz CT molecular complexity index is 1040. The first kappa shape index (κ1) is 20.0. The highest BCUT2D eigenvalue weighted by atomic mass is 16.2. The molecule has 4 rings (SSSR count). The maximum Gasteiger partial charge on any atom is 0.254 e. The average molecular weight is 399 g/mol. The molecule has 4 heteroatoms. The molecule has 2 N–H and O–H groups in total. The Labute approximate surface area is 177 Å². The van der Waals surface area contributed by atoms with E-state index in [4.69, 9.17) is 5.73 Å². The standard InChI is InChI=1S/C26H26N2O2/c27-18-19-7-6-10-22(17-19)20-13-15-28(16-14-20)26(30)24-12-5-4-11-23(24)25(29)21-8-2-1-3-9-21/h1-12,17,20H,13-16,18,27H2. The van der Waals surface area contributed by atoms with Crippen molar-refractivity contribution in [1.29, 1.82) is 0 Å². The van der Waals surface area contributed by atoms with Gasteiger partial charge in [0, 0.05) is 30.8 Å². The van der Waals surface area contributed by atoms with E-state index in [2.05, 4.69) is 18.2 Å². The van der Waals surface area contributed by atoms with Gasteiger partial charge in [0.2, 0.25) is 0 Å². The summed E-state index contributed by atoms with van der Waals surface area (Å²) in [5, 5.41) is 0. The number of nitrogens with zero attached hydrogens (tertiary/aromatic N) is 1. The van der Waals surface area contributed by atoms with Gasteiger partial charge < -0.3 is 10.6 Å². The molecule has 0 saturated carbocycles. The Morgan fingerprint density at radius 2 is 1.50 bits per heavy atom. The van der Waals surface area contributed by atoms with Crippen molar-refractivity contribution in [2.24, 2.45) is 5.73 Å². The maximum atomic E-state index is 13.3. The van der Waals surface area contributed by atoms with Crippen LogP contribution in [0.15, 0.2) is 78.9 Å². The molecule has 3 aromatic carbocycles. The summed E-state index contributed by atoms with van der Waals surface area (Å²) in [5.74, 6) is 0.249. The van der Waals surface area contributed by atoms with E-state index in [0.717, 1.165) is 18.4 Å². The number of nitrogens with two attached hydrogens (primary N) is 1. The van der Waals surface area contributed by atoms with Crippen LogP contribution in [0.5, 0.6) is 0 Å². The van der Waals surface area contributed by atoms with E-state index in [-0.39, 0.29) is 11.7 Å². The van der Waals surface area contributed by atoms with Crippen molar-refractivity contribution < 1.29 is 9.59 Å². The first-order chi connectivity index (χ1) is 14.7. The van der Waals surface area contributed by atoms with Crippen molar-refractivity contribution >= 4 is 11.7 Å². The molecule has 0 atom stereocenters. The van der Waals surface area contributed by atoms with Crippen LogP contribution < -0.4 is 5.73 Å². The summed E-state index contributed by atoms with van der Waals surface area (Å²) in [7, 11) is 0. The van der Waals surface area contributed by atoms with E-state index in [1.807, 2.05) is 41.3 Å². The largest absolute Gasteiger partial charge is 0.339 e. The molecule has 0 aromatic heterocycles. The van der Waals surface area contributed by atoms with Crippen LogP contribution in [0.25, 0.3) is 0 Å². The fourth-order valence-electron chi connectivity index (χ4n) is 4.17. The van der Waals surface area contributed by atoms with Gasteiger partial charge in [-0.05, 0) is 36.0 Å². The zero-order valence-electron chi connectivity index (χ0n) is 17.0. The Hall–Kier alpha value is -3.24. The normalized spacial score (nSPS) is 14.5. The second-order valence-corrected chi connectivity index (χ2v) is 7.76. The Morgan fingerprint density at radius 1 is 0.833 bits per heavy atom. The van der Waals surface area contributed by atoms with Crippen molar-refractivity contribution in [2.75, 3.05) is 13.1 Å². The quantitative estimate of drug-likeness (QED) is 0.648. The summed E-state index contributed by atoms with van der Waals surface area (Å²) in [4.78, 5) is 28.1. The predicted octanol–water partition coefficient (Wildman–Crippen LogP) is 4.40. The fraction of sp³-hybridized carbons (Fsp3) is 0.231. The molecule has 1 saturated heterocycles. The number of piperidine rings is 1. The van der Waals surface area contributed by atoms with Gasteiger partial charge in [-0.2, -0.15) is 0 Å². The van der Waals surface area contributed by atoms with Gasteiger partial charge in [-0.25, -0.2) is 0 Å². The number of ketones is 1. The van der Waals surface area contributed by atoms with Gasteiger partial charge in [-0.15, -0.1) is 0 Å². The van der Waals surface area contributed by atoms with E-state index >= 15 is 0 Å². The molecule has 1 aliphatic heterocycles. The highest BCUT2D eigenvalue weighted by Gasteiger charge is 2.27. The molecule has 0 bridgehead atoms. The smallest absolute Gasteiger partial charge is 0.254 e. The molecule has 3 aromatic rings. The third-order valence-electron chi connectivity index (χ3n) is 5.88. The van der Waals surface area contributed by atoms with Crippen molar-refractivity contribution in [3.8, 4) is 0 Å².